The summed E-state index contributed by atoms with van der Waals surface area (Å²) in [4.78, 5) is 25.9. The van der Waals surface area contributed by atoms with Crippen molar-refractivity contribution in [2.45, 2.75) is 13.8 Å². The fourth-order valence-corrected chi connectivity index (χ4v) is 2.85. The summed E-state index contributed by atoms with van der Waals surface area (Å²) in [5.41, 5.74) is 4.79. The van der Waals surface area contributed by atoms with Crippen molar-refractivity contribution in [1.82, 2.24) is 15.0 Å². The van der Waals surface area contributed by atoms with Gasteiger partial charge in [-0.25, -0.2) is 15.0 Å². The molecule has 0 saturated heterocycles. The molecular weight excluding hydrogens is 356 g/mol. The molecule has 0 spiro atoms. The van der Waals surface area contributed by atoms with Crippen molar-refractivity contribution < 1.29 is 13.9 Å². The Balaban J connectivity index is 1.61. The van der Waals surface area contributed by atoms with E-state index in [-0.39, 0.29) is 11.6 Å². The van der Waals surface area contributed by atoms with Crippen molar-refractivity contribution in [3.8, 4) is 17.1 Å². The molecule has 0 unspecified atom stereocenters. The summed E-state index contributed by atoms with van der Waals surface area (Å²) in [5.74, 6) is 0.750. The van der Waals surface area contributed by atoms with E-state index in [0.717, 1.165) is 33.7 Å². The Bertz CT molecular complexity index is 1170. The van der Waals surface area contributed by atoms with E-state index in [2.05, 4.69) is 20.3 Å². The lowest BCUT2D eigenvalue weighted by Gasteiger charge is -2.07. The molecule has 4 rings (SSSR count). The fourth-order valence-electron chi connectivity index (χ4n) is 2.85. The number of nitrogens with one attached hydrogen (secondary N) is 1. The van der Waals surface area contributed by atoms with Gasteiger partial charge in [-0.15, -0.1) is 0 Å². The third-order valence-corrected chi connectivity index (χ3v) is 4.47. The summed E-state index contributed by atoms with van der Waals surface area (Å²) in [7, 11) is 1.60. The molecule has 2 aromatic carbocycles. The number of ether oxygens (including phenoxy) is 1. The van der Waals surface area contributed by atoms with Gasteiger partial charge in [0.1, 0.15) is 5.75 Å². The van der Waals surface area contributed by atoms with Crippen LogP contribution in [-0.4, -0.2) is 28.0 Å². The Hall–Kier alpha value is -3.74. The lowest BCUT2D eigenvalue weighted by molar-refractivity contribution is 0.102. The zero-order valence-corrected chi connectivity index (χ0v) is 15.7. The summed E-state index contributed by atoms with van der Waals surface area (Å²) in [6.07, 6.45) is 1.26. The van der Waals surface area contributed by atoms with Crippen LogP contribution in [0, 0.1) is 13.8 Å². The maximum atomic E-state index is 12.8. The Kier molecular flexibility index (Phi) is 4.49. The molecule has 0 fully saturated rings. The molecule has 0 aliphatic rings. The van der Waals surface area contributed by atoms with Gasteiger partial charge in [0.15, 0.2) is 17.8 Å². The Labute approximate surface area is 161 Å². The molecule has 0 aliphatic carbocycles. The SMILES string of the molecule is COc1ccc(-c2ocnc2C(=O)Nc2ccc3nc(C)c(C)nc3c2)cc1. The van der Waals surface area contributed by atoms with Crippen molar-refractivity contribution in [3.05, 3.63) is 65.9 Å². The van der Waals surface area contributed by atoms with Crippen LogP contribution in [0.15, 0.2) is 53.3 Å². The minimum atomic E-state index is -0.365. The number of aromatic nitrogens is 3. The normalized spacial score (nSPS) is 10.8. The first kappa shape index (κ1) is 17.7. The number of methoxy groups -OCH3 is 1. The van der Waals surface area contributed by atoms with Gasteiger partial charge in [-0.3, -0.25) is 4.79 Å². The first-order chi connectivity index (χ1) is 13.5. The van der Waals surface area contributed by atoms with Crippen LogP contribution in [0.1, 0.15) is 21.9 Å². The van der Waals surface area contributed by atoms with Crippen LogP contribution >= 0.6 is 0 Å². The van der Waals surface area contributed by atoms with E-state index in [1.54, 1.807) is 31.4 Å². The van der Waals surface area contributed by atoms with Gasteiger partial charge in [0, 0.05) is 11.3 Å². The molecule has 7 heteroatoms. The van der Waals surface area contributed by atoms with Gasteiger partial charge >= 0.3 is 0 Å². The molecule has 7 nitrogen and oxygen atoms in total. The maximum absolute atomic E-state index is 12.8. The number of rotatable bonds is 4. The Morgan fingerprint density at radius 2 is 1.71 bits per heavy atom. The molecule has 140 valence electrons. The van der Waals surface area contributed by atoms with Gasteiger partial charge in [0.05, 0.1) is 29.5 Å². The Morgan fingerprint density at radius 3 is 2.43 bits per heavy atom. The van der Waals surface area contributed by atoms with Crippen LogP contribution in [0.3, 0.4) is 0 Å². The van der Waals surface area contributed by atoms with E-state index in [1.165, 1.54) is 6.39 Å². The van der Waals surface area contributed by atoms with Crippen LogP contribution in [0.4, 0.5) is 5.69 Å². The Morgan fingerprint density at radius 1 is 1.00 bits per heavy atom. The average molecular weight is 374 g/mol. The zero-order valence-electron chi connectivity index (χ0n) is 15.7. The topological polar surface area (TPSA) is 90.1 Å². The van der Waals surface area contributed by atoms with Gasteiger partial charge in [-0.1, -0.05) is 0 Å². The molecule has 0 bridgehead atoms. The summed E-state index contributed by atoms with van der Waals surface area (Å²) >= 11 is 0. The van der Waals surface area contributed by atoms with Crippen LogP contribution in [0.2, 0.25) is 0 Å². The van der Waals surface area contributed by atoms with Gasteiger partial charge in [-0.05, 0) is 56.3 Å². The van der Waals surface area contributed by atoms with E-state index in [9.17, 15) is 4.79 Å². The van der Waals surface area contributed by atoms with E-state index in [0.29, 0.717) is 11.4 Å². The molecule has 0 aliphatic heterocycles. The van der Waals surface area contributed by atoms with E-state index >= 15 is 0 Å². The number of benzene rings is 2. The maximum Gasteiger partial charge on any atom is 0.278 e. The molecule has 0 saturated carbocycles. The van der Waals surface area contributed by atoms with Gasteiger partial charge in [0.25, 0.3) is 5.91 Å². The average Bonchev–Trinajstić information content (AvgIpc) is 3.19. The monoisotopic (exact) mass is 374 g/mol. The highest BCUT2D eigenvalue weighted by molar-refractivity contribution is 6.06. The minimum Gasteiger partial charge on any atom is -0.497 e. The van der Waals surface area contributed by atoms with E-state index < -0.39 is 0 Å². The number of amides is 1. The molecule has 4 aromatic rings. The summed E-state index contributed by atoms with van der Waals surface area (Å²) in [5, 5.41) is 2.85. The number of carbonyl (C=O) groups excluding carboxylic acids is 1. The predicted octanol–water partition coefficient (Wildman–Crippen LogP) is 4.16. The second kappa shape index (κ2) is 7.11. The molecule has 28 heavy (non-hydrogen) atoms. The van der Waals surface area contributed by atoms with Gasteiger partial charge in [0.2, 0.25) is 0 Å². The number of nitrogens with zero attached hydrogens (tertiary/aromatic N) is 3. The first-order valence-corrected chi connectivity index (χ1v) is 8.69. The molecule has 2 aromatic heterocycles. The smallest absolute Gasteiger partial charge is 0.278 e. The molecule has 0 radical (unpaired) electrons. The van der Waals surface area contributed by atoms with Crippen molar-refractivity contribution in [3.63, 3.8) is 0 Å². The van der Waals surface area contributed by atoms with E-state index in [1.807, 2.05) is 32.0 Å². The molecule has 0 atom stereocenters. The standard InChI is InChI=1S/C21H18N4O3/c1-12-13(2)24-18-10-15(6-9-17(18)23-12)25-21(26)19-20(28-11-22-19)14-4-7-16(27-3)8-5-14/h4-11H,1-3H3,(H,25,26). The quantitative estimate of drug-likeness (QED) is 0.577. The second-order valence-electron chi connectivity index (χ2n) is 6.31. The number of fused-ring (bicyclic) bond motifs is 1. The molecule has 1 N–H and O–H groups in total. The molecular formula is C21H18N4O3. The highest BCUT2D eigenvalue weighted by Gasteiger charge is 2.19. The zero-order chi connectivity index (χ0) is 19.7. The second-order valence-corrected chi connectivity index (χ2v) is 6.31. The fraction of sp³-hybridized carbons (Fsp3) is 0.143. The number of anilines is 1. The van der Waals surface area contributed by atoms with Crippen LogP contribution in [0.25, 0.3) is 22.4 Å². The predicted molar refractivity (Wildman–Crippen MR) is 105 cm³/mol. The first-order valence-electron chi connectivity index (χ1n) is 8.69. The minimum absolute atomic E-state index is 0.205. The van der Waals surface area contributed by atoms with Crippen LogP contribution < -0.4 is 10.1 Å². The van der Waals surface area contributed by atoms with Crippen molar-refractivity contribution in [2.75, 3.05) is 12.4 Å². The summed E-state index contributed by atoms with van der Waals surface area (Å²) in [6, 6.07) is 12.6. The van der Waals surface area contributed by atoms with E-state index in [4.69, 9.17) is 9.15 Å². The largest absolute Gasteiger partial charge is 0.497 e. The highest BCUT2D eigenvalue weighted by atomic mass is 16.5. The number of hydrogen-bond acceptors (Lipinski definition) is 6. The van der Waals surface area contributed by atoms with Crippen molar-refractivity contribution in [1.29, 1.82) is 0 Å². The number of oxazole rings is 1. The molecule has 2 heterocycles. The van der Waals surface area contributed by atoms with Gasteiger partial charge < -0.3 is 14.5 Å². The summed E-state index contributed by atoms with van der Waals surface area (Å²) in [6.45, 7) is 3.83. The number of carbonyl (C=O) groups is 1. The number of aryl methyl sites for hydroxylation is 2. The number of hydrogen-bond donors (Lipinski definition) is 1. The lowest BCUT2D eigenvalue weighted by atomic mass is 10.1. The third-order valence-electron chi connectivity index (χ3n) is 4.47. The third kappa shape index (κ3) is 3.29. The van der Waals surface area contributed by atoms with Gasteiger partial charge in [-0.2, -0.15) is 0 Å². The highest BCUT2D eigenvalue weighted by Crippen LogP contribution is 2.26. The summed E-state index contributed by atoms with van der Waals surface area (Å²) < 4.78 is 10.6. The van der Waals surface area contributed by atoms with Crippen molar-refractivity contribution >= 4 is 22.6 Å². The van der Waals surface area contributed by atoms with Crippen LogP contribution in [0.5, 0.6) is 5.75 Å². The molecule has 1 amide bonds. The lowest BCUT2D eigenvalue weighted by Crippen LogP contribution is -2.13. The van der Waals surface area contributed by atoms with Crippen LogP contribution in [-0.2, 0) is 0 Å². The van der Waals surface area contributed by atoms with Crippen molar-refractivity contribution in [2.24, 2.45) is 0 Å².